The smallest absolute Gasteiger partial charge is 0.348 e. The summed E-state index contributed by atoms with van der Waals surface area (Å²) in [6.45, 7) is -0.620. The fraction of sp³-hybridized carbons (Fsp3) is 0.846. The van der Waals surface area contributed by atoms with E-state index in [1.165, 1.54) is 0 Å². The first-order chi connectivity index (χ1) is 11.6. The summed E-state index contributed by atoms with van der Waals surface area (Å²) in [5.74, 6) is -15.8. The van der Waals surface area contributed by atoms with Crippen molar-refractivity contribution in [3.05, 3.63) is 0 Å². The highest BCUT2D eigenvalue weighted by atomic mass is 32.2. The average molecular weight is 410 g/mol. The van der Waals surface area contributed by atoms with Crippen LogP contribution in [0.5, 0.6) is 0 Å². The molecule has 0 aromatic heterocycles. The van der Waals surface area contributed by atoms with Crippen LogP contribution in [-0.2, 0) is 24.4 Å². The van der Waals surface area contributed by atoms with Crippen molar-refractivity contribution >= 4 is 21.9 Å². The second kappa shape index (κ2) is 7.25. The quantitative estimate of drug-likeness (QED) is 0.488. The van der Waals surface area contributed by atoms with Crippen LogP contribution < -0.4 is 0 Å². The molecule has 1 fully saturated rings. The summed E-state index contributed by atoms with van der Waals surface area (Å²) in [6.07, 6.45) is 1.81. The molecule has 0 N–H and O–H groups in total. The molecule has 1 heterocycles. The molecular formula is C13H19F5N2O5S. The maximum atomic E-state index is 14.4. The minimum Gasteiger partial charge on any atom is -0.348 e. The van der Waals surface area contributed by atoms with Crippen molar-refractivity contribution in [3.8, 4) is 0 Å². The molecule has 26 heavy (non-hydrogen) atoms. The van der Waals surface area contributed by atoms with Crippen LogP contribution in [0.2, 0.25) is 0 Å². The lowest BCUT2D eigenvalue weighted by atomic mass is 9.90. The number of alkyl halides is 5. The largest absolute Gasteiger partial charge is 0.400 e. The Hall–Kier alpha value is -1.50. The zero-order valence-corrected chi connectivity index (χ0v) is 15.1. The number of halogens is 5. The number of hydrogen-bond acceptors (Lipinski definition) is 5. The number of amides is 1. The molecule has 1 unspecified atom stereocenters. The first-order valence-corrected chi connectivity index (χ1v) is 9.32. The van der Waals surface area contributed by atoms with E-state index in [9.17, 15) is 40.0 Å². The SMILES string of the molecule is CN(OC(=O)C(F)(F)C(C)(F)C(F)(F)C(=O)N1CCCCC1)S(C)(=O)=O. The molecule has 0 radical (unpaired) electrons. The van der Waals surface area contributed by atoms with E-state index in [0.29, 0.717) is 37.5 Å². The Morgan fingerprint density at radius 3 is 1.88 bits per heavy atom. The van der Waals surface area contributed by atoms with E-state index < -0.39 is 39.4 Å². The van der Waals surface area contributed by atoms with Crippen LogP contribution in [0.3, 0.4) is 0 Å². The molecule has 7 nitrogen and oxygen atoms in total. The minimum absolute atomic E-state index is 0.155. The third kappa shape index (κ3) is 4.08. The lowest BCUT2D eigenvalue weighted by molar-refractivity contribution is -0.255. The molecule has 1 saturated heterocycles. The summed E-state index contributed by atoms with van der Waals surface area (Å²) in [6, 6.07) is 0. The standard InChI is InChI=1S/C13H19F5N2O5S/c1-11(14,12(15,16)9(21)20-7-5-4-6-8-20)13(17,18)10(22)25-19(2)26(3,23)24/h4-8H2,1-3H3. The van der Waals surface area contributed by atoms with Gasteiger partial charge in [-0.1, -0.05) is 0 Å². The molecular weight excluding hydrogens is 391 g/mol. The third-order valence-corrected chi connectivity index (χ3v) is 5.03. The van der Waals surface area contributed by atoms with E-state index in [4.69, 9.17) is 0 Å². The fourth-order valence-electron chi connectivity index (χ4n) is 2.13. The van der Waals surface area contributed by atoms with Gasteiger partial charge in [0.2, 0.25) is 10.0 Å². The van der Waals surface area contributed by atoms with Crippen LogP contribution in [0.1, 0.15) is 26.2 Å². The highest BCUT2D eigenvalue weighted by Crippen LogP contribution is 2.46. The van der Waals surface area contributed by atoms with E-state index >= 15 is 0 Å². The lowest BCUT2D eigenvalue weighted by Crippen LogP contribution is -2.65. The summed E-state index contributed by atoms with van der Waals surface area (Å²) >= 11 is 0. The van der Waals surface area contributed by atoms with Gasteiger partial charge >= 0.3 is 17.8 Å². The second-order valence-corrected chi connectivity index (χ2v) is 8.04. The van der Waals surface area contributed by atoms with Crippen LogP contribution in [0, 0.1) is 0 Å². The van der Waals surface area contributed by atoms with Gasteiger partial charge in [-0.3, -0.25) is 4.79 Å². The maximum absolute atomic E-state index is 14.4. The predicted octanol–water partition coefficient (Wildman–Crippen LogP) is 1.35. The van der Waals surface area contributed by atoms with Crippen LogP contribution >= 0.6 is 0 Å². The Balaban J connectivity index is 3.10. The zero-order chi connectivity index (χ0) is 20.6. The molecule has 1 rings (SSSR count). The second-order valence-electron chi connectivity index (χ2n) is 6.06. The summed E-state index contributed by atoms with van der Waals surface area (Å²) in [5.41, 5.74) is -4.95. The minimum atomic E-state index is -5.51. The van der Waals surface area contributed by atoms with Crippen molar-refractivity contribution in [2.45, 2.75) is 43.7 Å². The van der Waals surface area contributed by atoms with Gasteiger partial charge in [0.1, 0.15) is 0 Å². The van der Waals surface area contributed by atoms with Gasteiger partial charge in [-0.15, -0.1) is 0 Å². The van der Waals surface area contributed by atoms with Gasteiger partial charge in [-0.2, -0.15) is 17.6 Å². The van der Waals surface area contributed by atoms with Gasteiger partial charge in [0.05, 0.1) is 6.26 Å². The van der Waals surface area contributed by atoms with E-state index in [2.05, 4.69) is 4.84 Å². The van der Waals surface area contributed by atoms with E-state index in [1.807, 2.05) is 0 Å². The van der Waals surface area contributed by atoms with Crippen molar-refractivity contribution in [2.24, 2.45) is 0 Å². The van der Waals surface area contributed by atoms with Crippen molar-refractivity contribution in [2.75, 3.05) is 26.4 Å². The van der Waals surface area contributed by atoms with E-state index in [1.54, 1.807) is 0 Å². The first-order valence-electron chi connectivity index (χ1n) is 7.47. The predicted molar refractivity (Wildman–Crippen MR) is 78.5 cm³/mol. The van der Waals surface area contributed by atoms with E-state index in [-0.39, 0.29) is 24.5 Å². The highest BCUT2D eigenvalue weighted by Gasteiger charge is 2.75. The van der Waals surface area contributed by atoms with Crippen LogP contribution in [-0.4, -0.2) is 73.6 Å². The number of rotatable bonds is 6. The van der Waals surface area contributed by atoms with Crippen molar-refractivity contribution < 1.29 is 44.8 Å². The molecule has 0 bridgehead atoms. The number of nitrogens with zero attached hydrogens (tertiary/aromatic N) is 2. The molecule has 0 spiro atoms. The molecule has 0 aromatic carbocycles. The average Bonchev–Trinajstić information content (AvgIpc) is 2.53. The molecule has 0 aliphatic carbocycles. The van der Waals surface area contributed by atoms with Crippen LogP contribution in [0.15, 0.2) is 0 Å². The summed E-state index contributed by atoms with van der Waals surface area (Å²) in [4.78, 5) is 27.6. The van der Waals surface area contributed by atoms with E-state index in [0.717, 1.165) is 0 Å². The summed E-state index contributed by atoms with van der Waals surface area (Å²) in [5, 5.41) is 0. The van der Waals surface area contributed by atoms with Crippen LogP contribution in [0.4, 0.5) is 22.0 Å². The maximum Gasteiger partial charge on any atom is 0.400 e. The van der Waals surface area contributed by atoms with Gasteiger partial charge in [0.25, 0.3) is 11.6 Å². The van der Waals surface area contributed by atoms with Gasteiger partial charge in [0.15, 0.2) is 0 Å². The van der Waals surface area contributed by atoms with Gasteiger partial charge in [-0.05, 0) is 30.7 Å². The molecule has 1 aliphatic rings. The van der Waals surface area contributed by atoms with Gasteiger partial charge in [-0.25, -0.2) is 17.6 Å². The molecule has 1 atom stereocenters. The Morgan fingerprint density at radius 2 is 1.46 bits per heavy atom. The Bertz CT molecular complexity index is 662. The third-order valence-electron chi connectivity index (χ3n) is 4.03. The molecule has 13 heteroatoms. The van der Waals surface area contributed by atoms with Crippen molar-refractivity contribution in [1.29, 1.82) is 0 Å². The zero-order valence-electron chi connectivity index (χ0n) is 14.3. The number of likely N-dealkylation sites (tertiary alicyclic amines) is 1. The first kappa shape index (κ1) is 22.5. The molecule has 1 amide bonds. The fourth-order valence-corrected chi connectivity index (χ4v) is 2.33. The normalized spacial score (nSPS) is 19.2. The van der Waals surface area contributed by atoms with Crippen LogP contribution in [0.25, 0.3) is 0 Å². The number of hydrogen-bond donors (Lipinski definition) is 0. The monoisotopic (exact) mass is 410 g/mol. The van der Waals surface area contributed by atoms with Gasteiger partial charge in [0, 0.05) is 20.1 Å². The molecule has 0 aromatic rings. The number of sulfonamides is 1. The Kier molecular flexibility index (Phi) is 6.29. The number of carbonyl (C=O) groups excluding carboxylic acids is 2. The number of piperidine rings is 1. The number of carbonyl (C=O) groups is 2. The Labute approximate surface area is 147 Å². The summed E-state index contributed by atoms with van der Waals surface area (Å²) < 4.78 is 92.7. The summed E-state index contributed by atoms with van der Waals surface area (Å²) in [7, 11) is -3.76. The Morgan fingerprint density at radius 1 is 1.00 bits per heavy atom. The van der Waals surface area contributed by atoms with Crippen molar-refractivity contribution in [1.82, 2.24) is 9.37 Å². The molecule has 1 aliphatic heterocycles. The van der Waals surface area contributed by atoms with Gasteiger partial charge < -0.3 is 9.74 Å². The molecule has 152 valence electrons. The topological polar surface area (TPSA) is 84.0 Å². The highest BCUT2D eigenvalue weighted by molar-refractivity contribution is 7.88. The van der Waals surface area contributed by atoms with Crippen molar-refractivity contribution in [3.63, 3.8) is 0 Å². The number of hydroxylamine groups is 1. The lowest BCUT2D eigenvalue weighted by Gasteiger charge is -2.37. The molecule has 0 saturated carbocycles.